The van der Waals surface area contributed by atoms with Gasteiger partial charge < -0.3 is 19.4 Å². The fourth-order valence-electron chi connectivity index (χ4n) is 2.45. The second-order valence-electron chi connectivity index (χ2n) is 5.58. The molecule has 0 saturated heterocycles. The first-order valence-electron chi connectivity index (χ1n) is 7.83. The standard InChI is InChI=1S/C19H15Cl2NO4S/c1-10-17(19(23)24)27-18(22-10)11-6-7-15(16(8-11)25-2)26-9-12-13(20)4-3-5-14(12)21/h3-8H,9H2,1-2H3,(H,23,24)/p-1. The van der Waals surface area contributed by atoms with Crippen molar-refractivity contribution < 1.29 is 19.4 Å². The third-order valence-corrected chi connectivity index (χ3v) is 5.72. The normalized spacial score (nSPS) is 10.7. The Bertz CT molecular complexity index is 983. The van der Waals surface area contributed by atoms with Gasteiger partial charge in [-0.2, -0.15) is 0 Å². The molecule has 3 rings (SSSR count). The van der Waals surface area contributed by atoms with Gasteiger partial charge in [-0.3, -0.25) is 0 Å². The molecule has 0 saturated carbocycles. The van der Waals surface area contributed by atoms with E-state index < -0.39 is 5.97 Å². The van der Waals surface area contributed by atoms with Crippen molar-refractivity contribution >= 4 is 40.5 Å². The molecule has 1 aromatic heterocycles. The third kappa shape index (κ3) is 4.18. The molecule has 27 heavy (non-hydrogen) atoms. The SMILES string of the molecule is COc1cc(-c2nc(C)c(C(=O)[O-])s2)ccc1OCc1c(Cl)cccc1Cl. The van der Waals surface area contributed by atoms with Gasteiger partial charge in [0.25, 0.3) is 0 Å². The van der Waals surface area contributed by atoms with Crippen LogP contribution in [0.15, 0.2) is 36.4 Å². The van der Waals surface area contributed by atoms with E-state index >= 15 is 0 Å². The third-order valence-electron chi connectivity index (χ3n) is 3.83. The number of methoxy groups -OCH3 is 1. The molecule has 2 aromatic carbocycles. The van der Waals surface area contributed by atoms with E-state index in [9.17, 15) is 9.90 Å². The predicted octanol–water partition coefficient (Wildman–Crippen LogP) is 4.38. The second kappa shape index (κ2) is 8.17. The van der Waals surface area contributed by atoms with Crippen molar-refractivity contribution in [2.45, 2.75) is 13.5 Å². The van der Waals surface area contributed by atoms with Gasteiger partial charge in [0.15, 0.2) is 11.5 Å². The lowest BCUT2D eigenvalue weighted by Gasteiger charge is -2.13. The largest absolute Gasteiger partial charge is 0.544 e. The van der Waals surface area contributed by atoms with E-state index in [1.54, 1.807) is 43.3 Å². The number of carbonyl (C=O) groups excluding carboxylic acids is 1. The quantitative estimate of drug-likeness (QED) is 0.589. The van der Waals surface area contributed by atoms with Crippen molar-refractivity contribution in [1.82, 2.24) is 4.98 Å². The van der Waals surface area contributed by atoms with Crippen LogP contribution >= 0.6 is 34.5 Å². The maximum atomic E-state index is 11.1. The van der Waals surface area contributed by atoms with Crippen molar-refractivity contribution in [3.8, 4) is 22.1 Å². The zero-order valence-corrected chi connectivity index (χ0v) is 16.7. The first-order chi connectivity index (χ1) is 12.9. The first kappa shape index (κ1) is 19.5. The molecule has 140 valence electrons. The van der Waals surface area contributed by atoms with E-state index in [4.69, 9.17) is 32.7 Å². The van der Waals surface area contributed by atoms with Crippen LogP contribution in [0.25, 0.3) is 10.6 Å². The van der Waals surface area contributed by atoms with Crippen LogP contribution in [0.1, 0.15) is 20.9 Å². The van der Waals surface area contributed by atoms with Crippen LogP contribution in [0.2, 0.25) is 10.0 Å². The maximum absolute atomic E-state index is 11.1. The number of hydrogen-bond donors (Lipinski definition) is 0. The van der Waals surface area contributed by atoms with Gasteiger partial charge >= 0.3 is 0 Å². The summed E-state index contributed by atoms with van der Waals surface area (Å²) in [6.45, 7) is 1.81. The van der Waals surface area contributed by atoms with E-state index in [-0.39, 0.29) is 11.5 Å². The Kier molecular flexibility index (Phi) is 5.89. The highest BCUT2D eigenvalue weighted by atomic mass is 35.5. The Morgan fingerprint density at radius 2 is 1.89 bits per heavy atom. The van der Waals surface area contributed by atoms with Crippen molar-refractivity contribution in [2.75, 3.05) is 7.11 Å². The highest BCUT2D eigenvalue weighted by molar-refractivity contribution is 7.17. The predicted molar refractivity (Wildman–Crippen MR) is 104 cm³/mol. The molecule has 0 spiro atoms. The summed E-state index contributed by atoms with van der Waals surface area (Å²) in [5, 5.41) is 12.7. The van der Waals surface area contributed by atoms with Gasteiger partial charge in [0.1, 0.15) is 11.6 Å². The summed E-state index contributed by atoms with van der Waals surface area (Å²) in [6, 6.07) is 10.5. The zero-order chi connectivity index (χ0) is 19.6. The second-order valence-corrected chi connectivity index (χ2v) is 7.39. The smallest absolute Gasteiger partial charge is 0.161 e. The van der Waals surface area contributed by atoms with E-state index in [0.29, 0.717) is 37.8 Å². The van der Waals surface area contributed by atoms with Crippen molar-refractivity contribution in [3.63, 3.8) is 0 Å². The number of thiazole rings is 1. The number of hydrogen-bond acceptors (Lipinski definition) is 6. The lowest BCUT2D eigenvalue weighted by atomic mass is 10.2. The van der Waals surface area contributed by atoms with E-state index in [0.717, 1.165) is 16.9 Å². The van der Waals surface area contributed by atoms with Crippen molar-refractivity contribution in [2.24, 2.45) is 0 Å². The average molecular weight is 423 g/mol. The molecule has 0 aliphatic heterocycles. The molecule has 0 radical (unpaired) electrons. The molecule has 0 amide bonds. The zero-order valence-electron chi connectivity index (χ0n) is 14.4. The van der Waals surface area contributed by atoms with E-state index in [1.807, 2.05) is 0 Å². The van der Waals surface area contributed by atoms with Gasteiger partial charge in [0, 0.05) is 21.2 Å². The number of benzene rings is 2. The number of aromatic carboxylic acids is 1. The number of carboxylic acid groups (broad SMARTS) is 1. The van der Waals surface area contributed by atoms with Gasteiger partial charge in [-0.05, 0) is 37.3 Å². The molecule has 3 aromatic rings. The van der Waals surface area contributed by atoms with Gasteiger partial charge in [-0.1, -0.05) is 29.3 Å². The van der Waals surface area contributed by atoms with Crippen LogP contribution in [0.3, 0.4) is 0 Å². The highest BCUT2D eigenvalue weighted by Gasteiger charge is 2.14. The number of carboxylic acids is 1. The Morgan fingerprint density at radius 3 is 2.48 bits per heavy atom. The number of nitrogens with zero attached hydrogens (tertiary/aromatic N) is 1. The number of aromatic nitrogens is 1. The Labute approximate surface area is 170 Å². The average Bonchev–Trinajstić information content (AvgIpc) is 3.03. The summed E-state index contributed by atoms with van der Waals surface area (Å²) in [5.41, 5.74) is 1.82. The summed E-state index contributed by atoms with van der Waals surface area (Å²) >= 11 is 13.4. The maximum Gasteiger partial charge on any atom is 0.161 e. The minimum absolute atomic E-state index is 0.109. The van der Waals surface area contributed by atoms with Crippen LogP contribution < -0.4 is 14.6 Å². The molecular weight excluding hydrogens is 409 g/mol. The molecule has 0 fully saturated rings. The number of ether oxygens (including phenoxy) is 2. The summed E-state index contributed by atoms with van der Waals surface area (Å²) in [5.74, 6) is -0.246. The van der Waals surface area contributed by atoms with Crippen molar-refractivity contribution in [1.29, 1.82) is 0 Å². The number of rotatable bonds is 6. The molecular formula is C19H14Cl2NO4S-. The highest BCUT2D eigenvalue weighted by Crippen LogP contribution is 2.36. The molecule has 0 aliphatic rings. The lowest BCUT2D eigenvalue weighted by molar-refractivity contribution is -0.254. The molecule has 0 unspecified atom stereocenters. The van der Waals surface area contributed by atoms with Crippen LogP contribution in [0.5, 0.6) is 11.5 Å². The number of carbonyl (C=O) groups is 1. The summed E-state index contributed by atoms with van der Waals surface area (Å²) in [7, 11) is 1.52. The number of halogens is 2. The molecule has 5 nitrogen and oxygen atoms in total. The van der Waals surface area contributed by atoms with Gasteiger partial charge in [-0.25, -0.2) is 4.98 Å². The summed E-state index contributed by atoms with van der Waals surface area (Å²) < 4.78 is 11.2. The minimum Gasteiger partial charge on any atom is -0.544 e. The van der Waals surface area contributed by atoms with Gasteiger partial charge in [0.2, 0.25) is 0 Å². The molecule has 0 atom stereocenters. The fourth-order valence-corrected chi connectivity index (χ4v) is 3.85. The minimum atomic E-state index is -1.24. The Hall–Kier alpha value is -2.28. The fraction of sp³-hybridized carbons (Fsp3) is 0.158. The van der Waals surface area contributed by atoms with Crippen LogP contribution in [0.4, 0.5) is 0 Å². The Morgan fingerprint density at radius 1 is 1.19 bits per heavy atom. The summed E-state index contributed by atoms with van der Waals surface area (Å²) in [6.07, 6.45) is 0. The van der Waals surface area contributed by atoms with E-state index in [1.165, 1.54) is 7.11 Å². The topological polar surface area (TPSA) is 71.5 Å². The lowest BCUT2D eigenvalue weighted by Crippen LogP contribution is -2.21. The summed E-state index contributed by atoms with van der Waals surface area (Å²) in [4.78, 5) is 15.5. The Balaban J connectivity index is 1.86. The molecule has 0 bridgehead atoms. The monoisotopic (exact) mass is 422 g/mol. The van der Waals surface area contributed by atoms with Gasteiger partial charge in [-0.15, -0.1) is 11.3 Å². The number of aryl methyl sites for hydroxylation is 1. The van der Waals surface area contributed by atoms with Crippen LogP contribution in [-0.2, 0) is 6.61 Å². The van der Waals surface area contributed by atoms with Crippen molar-refractivity contribution in [3.05, 3.63) is 62.6 Å². The molecule has 0 N–H and O–H groups in total. The van der Waals surface area contributed by atoms with Crippen LogP contribution in [0, 0.1) is 6.92 Å². The van der Waals surface area contributed by atoms with Crippen LogP contribution in [-0.4, -0.2) is 18.1 Å². The molecule has 8 heteroatoms. The van der Waals surface area contributed by atoms with Gasteiger partial charge in [0.05, 0.1) is 23.7 Å². The molecule has 0 aliphatic carbocycles. The molecule has 1 heterocycles. The van der Waals surface area contributed by atoms with E-state index in [2.05, 4.69) is 4.98 Å². The first-order valence-corrected chi connectivity index (χ1v) is 9.40.